The van der Waals surface area contributed by atoms with Gasteiger partial charge in [-0.2, -0.15) is 0 Å². The van der Waals surface area contributed by atoms with Crippen molar-refractivity contribution < 1.29 is 18.3 Å². The van der Waals surface area contributed by atoms with Crippen molar-refractivity contribution in [2.75, 3.05) is 11.9 Å². The highest BCUT2D eigenvalue weighted by Gasteiger charge is 2.19. The minimum Gasteiger partial charge on any atom is -0.493 e. The van der Waals surface area contributed by atoms with E-state index in [4.69, 9.17) is 16.3 Å². The van der Waals surface area contributed by atoms with Crippen molar-refractivity contribution in [3.63, 3.8) is 0 Å². The molecule has 1 aliphatic heterocycles. The molecule has 2 heterocycles. The third-order valence-electron chi connectivity index (χ3n) is 4.31. The van der Waals surface area contributed by atoms with Crippen LogP contribution in [0.1, 0.15) is 15.9 Å². The molecule has 7 heteroatoms. The van der Waals surface area contributed by atoms with E-state index in [1.165, 1.54) is 0 Å². The number of anilines is 1. The van der Waals surface area contributed by atoms with Gasteiger partial charge in [0.25, 0.3) is 5.91 Å². The van der Waals surface area contributed by atoms with Gasteiger partial charge in [0.2, 0.25) is 0 Å². The highest BCUT2D eigenvalue weighted by molar-refractivity contribution is 6.33. The number of aromatic nitrogens is 1. The van der Waals surface area contributed by atoms with Crippen LogP contribution in [0.25, 0.3) is 11.1 Å². The van der Waals surface area contributed by atoms with E-state index in [1.54, 1.807) is 30.3 Å². The predicted octanol–water partition coefficient (Wildman–Crippen LogP) is 4.87. The molecule has 0 saturated heterocycles. The van der Waals surface area contributed by atoms with Crippen LogP contribution < -0.4 is 10.1 Å². The summed E-state index contributed by atoms with van der Waals surface area (Å²) < 4.78 is 32.8. The lowest BCUT2D eigenvalue weighted by atomic mass is 10.0. The molecule has 1 aromatic heterocycles. The number of nitrogens with one attached hydrogen (secondary N) is 1. The van der Waals surface area contributed by atoms with Crippen molar-refractivity contribution in [2.45, 2.75) is 6.42 Å². The molecule has 0 radical (unpaired) electrons. The molecule has 0 fully saturated rings. The van der Waals surface area contributed by atoms with Crippen LogP contribution in [0, 0.1) is 11.6 Å². The van der Waals surface area contributed by atoms with E-state index in [-0.39, 0.29) is 0 Å². The number of amides is 1. The first-order chi connectivity index (χ1) is 13.0. The molecule has 0 spiro atoms. The summed E-state index contributed by atoms with van der Waals surface area (Å²) in [5.74, 6) is -2.12. The molecular weight excluding hydrogens is 374 g/mol. The second kappa shape index (κ2) is 6.96. The maximum atomic E-state index is 13.7. The SMILES string of the molecule is O=C(Nc1ccc(-c2cc3c(cc2Cl)OCC3)cc1)c1c(F)cncc1F. The summed E-state index contributed by atoms with van der Waals surface area (Å²) in [4.78, 5) is 15.5. The van der Waals surface area contributed by atoms with E-state index in [1.807, 2.05) is 6.07 Å². The molecule has 4 nitrogen and oxygen atoms in total. The molecule has 0 unspecified atom stereocenters. The molecule has 1 amide bonds. The van der Waals surface area contributed by atoms with Crippen LogP contribution in [0.2, 0.25) is 5.02 Å². The average molecular weight is 387 g/mol. The van der Waals surface area contributed by atoms with Crippen molar-refractivity contribution in [3.8, 4) is 16.9 Å². The van der Waals surface area contributed by atoms with Crippen LogP contribution in [0.5, 0.6) is 5.75 Å². The third-order valence-corrected chi connectivity index (χ3v) is 4.63. The Morgan fingerprint density at radius 3 is 2.52 bits per heavy atom. The van der Waals surface area contributed by atoms with Crippen molar-refractivity contribution in [3.05, 3.63) is 76.6 Å². The second-order valence-corrected chi connectivity index (χ2v) is 6.46. The first kappa shape index (κ1) is 17.4. The zero-order valence-corrected chi connectivity index (χ0v) is 14.7. The van der Waals surface area contributed by atoms with E-state index in [0.717, 1.165) is 41.3 Å². The Morgan fingerprint density at radius 1 is 1.11 bits per heavy atom. The molecule has 0 bridgehead atoms. The van der Waals surface area contributed by atoms with Crippen molar-refractivity contribution in [2.24, 2.45) is 0 Å². The third kappa shape index (κ3) is 3.36. The number of pyridine rings is 1. The number of ether oxygens (including phenoxy) is 1. The topological polar surface area (TPSA) is 51.2 Å². The van der Waals surface area contributed by atoms with Gasteiger partial charge in [-0.15, -0.1) is 0 Å². The van der Waals surface area contributed by atoms with Gasteiger partial charge >= 0.3 is 0 Å². The lowest BCUT2D eigenvalue weighted by Crippen LogP contribution is -2.16. The average Bonchev–Trinajstić information content (AvgIpc) is 3.09. The molecule has 136 valence electrons. The van der Waals surface area contributed by atoms with Crippen LogP contribution in [0.4, 0.5) is 14.5 Å². The predicted molar refractivity (Wildman–Crippen MR) is 98.2 cm³/mol. The zero-order valence-electron chi connectivity index (χ0n) is 13.9. The quantitative estimate of drug-likeness (QED) is 0.698. The Hall–Kier alpha value is -2.99. The van der Waals surface area contributed by atoms with Gasteiger partial charge in [0.05, 0.1) is 24.0 Å². The number of halogens is 3. The van der Waals surface area contributed by atoms with Gasteiger partial charge in [-0.25, -0.2) is 8.78 Å². The first-order valence-electron chi connectivity index (χ1n) is 8.19. The largest absolute Gasteiger partial charge is 0.493 e. The number of rotatable bonds is 3. The molecule has 1 N–H and O–H groups in total. The fraction of sp³-hybridized carbons (Fsp3) is 0.100. The van der Waals surface area contributed by atoms with Crippen molar-refractivity contribution in [1.29, 1.82) is 0 Å². The van der Waals surface area contributed by atoms with Gasteiger partial charge in [0, 0.05) is 17.7 Å². The molecule has 27 heavy (non-hydrogen) atoms. The minimum absolute atomic E-state index is 0.403. The minimum atomic E-state index is -1.02. The number of benzene rings is 2. The summed E-state index contributed by atoms with van der Waals surface area (Å²) in [6.07, 6.45) is 2.41. The summed E-state index contributed by atoms with van der Waals surface area (Å²) in [7, 11) is 0. The number of nitrogens with zero attached hydrogens (tertiary/aromatic N) is 1. The van der Waals surface area contributed by atoms with Gasteiger partial charge in [-0.05, 0) is 35.4 Å². The van der Waals surface area contributed by atoms with Crippen molar-refractivity contribution >= 4 is 23.2 Å². The van der Waals surface area contributed by atoms with E-state index < -0.39 is 23.1 Å². The van der Waals surface area contributed by atoms with Gasteiger partial charge in [-0.1, -0.05) is 23.7 Å². The molecular formula is C20H13ClF2N2O2. The summed E-state index contributed by atoms with van der Waals surface area (Å²) in [6, 6.07) is 10.6. The lowest BCUT2D eigenvalue weighted by molar-refractivity contribution is 0.101. The highest BCUT2D eigenvalue weighted by Crippen LogP contribution is 2.37. The van der Waals surface area contributed by atoms with Gasteiger partial charge in [0.1, 0.15) is 11.3 Å². The van der Waals surface area contributed by atoms with Gasteiger partial charge < -0.3 is 10.1 Å². The van der Waals surface area contributed by atoms with Gasteiger partial charge in [0.15, 0.2) is 11.6 Å². The number of carbonyl (C=O) groups excluding carboxylic acids is 1. The monoisotopic (exact) mass is 386 g/mol. The Labute approximate surface area is 158 Å². The summed E-state index contributed by atoms with van der Waals surface area (Å²) in [5.41, 5.74) is 2.53. The van der Waals surface area contributed by atoms with E-state index in [2.05, 4.69) is 10.3 Å². The molecule has 1 aliphatic rings. The summed E-state index contributed by atoms with van der Waals surface area (Å²) in [6.45, 7) is 0.641. The highest BCUT2D eigenvalue weighted by atomic mass is 35.5. The normalized spacial score (nSPS) is 12.4. The fourth-order valence-corrected chi connectivity index (χ4v) is 3.24. The number of hydrogen-bond acceptors (Lipinski definition) is 3. The van der Waals surface area contributed by atoms with Crippen molar-refractivity contribution in [1.82, 2.24) is 4.98 Å². The Balaban J connectivity index is 1.57. The van der Waals surface area contributed by atoms with E-state index in [0.29, 0.717) is 17.3 Å². The van der Waals surface area contributed by atoms with Crippen LogP contribution >= 0.6 is 11.6 Å². The van der Waals surface area contributed by atoms with Crippen LogP contribution in [0.3, 0.4) is 0 Å². The van der Waals surface area contributed by atoms with E-state index >= 15 is 0 Å². The Morgan fingerprint density at radius 2 is 1.81 bits per heavy atom. The molecule has 4 rings (SSSR count). The maximum Gasteiger partial charge on any atom is 0.261 e. The lowest BCUT2D eigenvalue weighted by Gasteiger charge is -2.10. The molecule has 0 atom stereocenters. The zero-order chi connectivity index (χ0) is 19.0. The molecule has 2 aromatic carbocycles. The van der Waals surface area contributed by atoms with Crippen LogP contribution in [-0.2, 0) is 6.42 Å². The molecule has 0 saturated carbocycles. The smallest absolute Gasteiger partial charge is 0.261 e. The van der Waals surface area contributed by atoms with E-state index in [9.17, 15) is 13.6 Å². The summed E-state index contributed by atoms with van der Waals surface area (Å²) >= 11 is 6.34. The molecule has 3 aromatic rings. The fourth-order valence-electron chi connectivity index (χ4n) is 2.98. The maximum absolute atomic E-state index is 13.7. The molecule has 0 aliphatic carbocycles. The number of fused-ring (bicyclic) bond motifs is 1. The standard InChI is InChI=1S/C20H13ClF2N2O2/c21-15-8-18-12(5-6-27-18)7-14(15)11-1-3-13(4-2-11)25-20(26)19-16(22)9-24-10-17(19)23/h1-4,7-10H,5-6H2,(H,25,26). The summed E-state index contributed by atoms with van der Waals surface area (Å²) in [5, 5.41) is 3.04. The second-order valence-electron chi connectivity index (χ2n) is 6.05. The first-order valence-corrected chi connectivity index (χ1v) is 8.57. The Bertz CT molecular complexity index is 1020. The Kier molecular flexibility index (Phi) is 4.49. The van der Waals surface area contributed by atoms with Crippen LogP contribution in [-0.4, -0.2) is 17.5 Å². The van der Waals surface area contributed by atoms with Gasteiger partial charge in [-0.3, -0.25) is 9.78 Å². The van der Waals surface area contributed by atoms with Crippen LogP contribution in [0.15, 0.2) is 48.8 Å². The number of hydrogen-bond donors (Lipinski definition) is 1. The number of carbonyl (C=O) groups is 1.